The summed E-state index contributed by atoms with van der Waals surface area (Å²) in [4.78, 5) is 25.5. The van der Waals surface area contributed by atoms with Crippen molar-refractivity contribution in [3.63, 3.8) is 0 Å². The van der Waals surface area contributed by atoms with Crippen molar-refractivity contribution in [3.8, 4) is 11.5 Å². The van der Waals surface area contributed by atoms with Crippen LogP contribution in [0.5, 0.6) is 0 Å². The van der Waals surface area contributed by atoms with E-state index in [4.69, 9.17) is 4.74 Å². The van der Waals surface area contributed by atoms with Crippen molar-refractivity contribution in [2.24, 2.45) is 0 Å². The zero-order chi connectivity index (χ0) is 20.9. The third kappa shape index (κ3) is 6.40. The van der Waals surface area contributed by atoms with Crippen molar-refractivity contribution in [3.05, 3.63) is 65.2 Å². The maximum Gasteiger partial charge on any atom is 0.412 e. The Labute approximate surface area is 168 Å². The Morgan fingerprint density at radius 1 is 0.964 bits per heavy atom. The monoisotopic (exact) mass is 393 g/mol. The van der Waals surface area contributed by atoms with E-state index in [2.05, 4.69) is 36.4 Å². The number of carbonyl (C=O) groups excluding carboxylic acids is 2. The summed E-state index contributed by atoms with van der Waals surface area (Å²) in [6.45, 7) is 11.8. The highest BCUT2D eigenvalue weighted by molar-refractivity contribution is 6.83. The van der Waals surface area contributed by atoms with Gasteiger partial charge in [-0.15, -0.1) is 5.54 Å². The molecule has 28 heavy (non-hydrogen) atoms. The SMILES string of the molecule is CC(C)(C)OC(=O)Nc1c(C#C[Si](C)(C)C)cccc1C(=O)c1ccccc1. The van der Waals surface area contributed by atoms with Crippen LogP contribution in [0.25, 0.3) is 0 Å². The number of nitrogens with one attached hydrogen (secondary N) is 1. The lowest BCUT2D eigenvalue weighted by Gasteiger charge is -2.21. The normalized spacial score (nSPS) is 11.2. The maximum absolute atomic E-state index is 13.1. The van der Waals surface area contributed by atoms with E-state index >= 15 is 0 Å². The largest absolute Gasteiger partial charge is 0.444 e. The second kappa shape index (κ2) is 8.45. The van der Waals surface area contributed by atoms with Gasteiger partial charge in [-0.05, 0) is 32.9 Å². The molecule has 0 fully saturated rings. The molecule has 0 saturated carbocycles. The van der Waals surface area contributed by atoms with Crippen molar-refractivity contribution in [1.29, 1.82) is 0 Å². The fourth-order valence-electron chi connectivity index (χ4n) is 2.39. The van der Waals surface area contributed by atoms with Gasteiger partial charge < -0.3 is 4.74 Å². The quantitative estimate of drug-likeness (QED) is 0.426. The summed E-state index contributed by atoms with van der Waals surface area (Å²) in [6, 6.07) is 14.3. The minimum atomic E-state index is -1.64. The fraction of sp³-hybridized carbons (Fsp3) is 0.304. The van der Waals surface area contributed by atoms with Crippen molar-refractivity contribution < 1.29 is 14.3 Å². The van der Waals surface area contributed by atoms with E-state index in [1.54, 1.807) is 45.0 Å². The molecule has 2 rings (SSSR count). The molecular formula is C23H27NO3Si. The van der Waals surface area contributed by atoms with Crippen molar-refractivity contribution in [1.82, 2.24) is 0 Å². The summed E-state index contributed by atoms with van der Waals surface area (Å²) in [7, 11) is -1.64. The Kier molecular flexibility index (Phi) is 6.47. The van der Waals surface area contributed by atoms with Gasteiger partial charge in [-0.3, -0.25) is 10.1 Å². The molecule has 5 heteroatoms. The van der Waals surface area contributed by atoms with E-state index in [1.165, 1.54) is 0 Å². The van der Waals surface area contributed by atoms with E-state index in [1.807, 2.05) is 24.3 Å². The lowest BCUT2D eigenvalue weighted by molar-refractivity contribution is 0.0636. The van der Waals surface area contributed by atoms with Gasteiger partial charge in [0.15, 0.2) is 5.78 Å². The van der Waals surface area contributed by atoms with E-state index in [0.29, 0.717) is 22.4 Å². The van der Waals surface area contributed by atoms with Crippen LogP contribution in [0.2, 0.25) is 19.6 Å². The predicted molar refractivity (Wildman–Crippen MR) is 116 cm³/mol. The highest BCUT2D eigenvalue weighted by Gasteiger charge is 2.21. The predicted octanol–water partition coefficient (Wildman–Crippen LogP) is 5.49. The molecule has 2 aromatic rings. The molecule has 0 aliphatic heterocycles. The number of hydrogen-bond acceptors (Lipinski definition) is 3. The first-order valence-electron chi connectivity index (χ1n) is 9.22. The molecule has 4 nitrogen and oxygen atoms in total. The number of para-hydroxylation sites is 1. The average Bonchev–Trinajstić information content (AvgIpc) is 2.58. The summed E-state index contributed by atoms with van der Waals surface area (Å²) in [5, 5.41) is 2.75. The van der Waals surface area contributed by atoms with Crippen LogP contribution in [0.1, 0.15) is 42.3 Å². The number of carbonyl (C=O) groups is 2. The van der Waals surface area contributed by atoms with Gasteiger partial charge in [0.1, 0.15) is 13.7 Å². The van der Waals surface area contributed by atoms with Crippen molar-refractivity contribution in [2.45, 2.75) is 46.0 Å². The number of benzene rings is 2. The third-order valence-electron chi connectivity index (χ3n) is 3.54. The molecule has 2 aromatic carbocycles. The van der Waals surface area contributed by atoms with Crippen molar-refractivity contribution in [2.75, 3.05) is 5.32 Å². The summed E-state index contributed by atoms with van der Waals surface area (Å²) in [5.74, 6) is 2.98. The standard InChI is InChI=1S/C23H27NO3Si/c1-23(2,3)27-22(26)24-20-17(15-16-28(4,5)6)13-10-14-19(20)21(25)18-11-8-7-9-12-18/h7-14H,1-6H3,(H,24,26). The van der Waals surface area contributed by atoms with Crippen LogP contribution < -0.4 is 5.32 Å². The second-order valence-electron chi connectivity index (χ2n) is 8.55. The molecule has 0 unspecified atom stereocenters. The number of ether oxygens (including phenoxy) is 1. The van der Waals surface area contributed by atoms with Gasteiger partial charge >= 0.3 is 6.09 Å². The van der Waals surface area contributed by atoms with Crippen molar-refractivity contribution >= 4 is 25.6 Å². The Hall–Kier alpha value is -2.84. The molecule has 0 bridgehead atoms. The Balaban J connectivity index is 2.53. The van der Waals surface area contributed by atoms with Crippen LogP contribution >= 0.6 is 0 Å². The lowest BCUT2D eigenvalue weighted by atomic mass is 9.99. The minimum absolute atomic E-state index is 0.177. The van der Waals surface area contributed by atoms with Crippen LogP contribution in [0.4, 0.5) is 10.5 Å². The van der Waals surface area contributed by atoms with Gasteiger partial charge in [-0.2, -0.15) is 0 Å². The maximum atomic E-state index is 13.1. The molecule has 0 saturated heterocycles. The molecule has 1 N–H and O–H groups in total. The molecule has 0 radical (unpaired) electrons. The summed E-state index contributed by atoms with van der Waals surface area (Å²) < 4.78 is 5.38. The minimum Gasteiger partial charge on any atom is -0.444 e. The van der Waals surface area contributed by atoms with Gasteiger partial charge in [0.25, 0.3) is 0 Å². The van der Waals surface area contributed by atoms with Crippen LogP contribution in [0.3, 0.4) is 0 Å². The third-order valence-corrected chi connectivity index (χ3v) is 4.42. The fourth-order valence-corrected chi connectivity index (χ4v) is 2.90. The van der Waals surface area contributed by atoms with E-state index < -0.39 is 19.8 Å². The van der Waals surface area contributed by atoms with E-state index in [-0.39, 0.29) is 5.78 Å². The molecular weight excluding hydrogens is 366 g/mol. The number of ketones is 1. The summed E-state index contributed by atoms with van der Waals surface area (Å²) in [6.07, 6.45) is -0.614. The molecule has 0 spiro atoms. The number of hydrogen-bond donors (Lipinski definition) is 1. The topological polar surface area (TPSA) is 55.4 Å². The molecule has 0 heterocycles. The molecule has 0 aliphatic carbocycles. The molecule has 0 aromatic heterocycles. The molecule has 0 atom stereocenters. The Bertz CT molecular complexity index is 926. The van der Waals surface area contributed by atoms with Gasteiger partial charge in [0, 0.05) is 16.7 Å². The highest BCUT2D eigenvalue weighted by Crippen LogP contribution is 2.25. The highest BCUT2D eigenvalue weighted by atomic mass is 28.3. The Morgan fingerprint density at radius 2 is 1.61 bits per heavy atom. The smallest absolute Gasteiger partial charge is 0.412 e. The second-order valence-corrected chi connectivity index (χ2v) is 13.3. The first-order chi connectivity index (χ1) is 13.0. The number of rotatable bonds is 3. The number of amides is 1. The first-order valence-corrected chi connectivity index (χ1v) is 12.7. The van der Waals surface area contributed by atoms with Gasteiger partial charge in [0.2, 0.25) is 0 Å². The van der Waals surface area contributed by atoms with Crippen LogP contribution in [-0.2, 0) is 4.74 Å². The number of anilines is 1. The summed E-state index contributed by atoms with van der Waals surface area (Å²) >= 11 is 0. The zero-order valence-electron chi connectivity index (χ0n) is 17.3. The zero-order valence-corrected chi connectivity index (χ0v) is 18.3. The average molecular weight is 394 g/mol. The summed E-state index contributed by atoms with van der Waals surface area (Å²) in [5.41, 5.74) is 4.57. The van der Waals surface area contributed by atoms with E-state index in [0.717, 1.165) is 0 Å². The van der Waals surface area contributed by atoms with Gasteiger partial charge in [0.05, 0.1) is 5.69 Å². The first kappa shape index (κ1) is 21.5. The van der Waals surface area contributed by atoms with Gasteiger partial charge in [-0.25, -0.2) is 4.79 Å². The van der Waals surface area contributed by atoms with Crippen LogP contribution in [0.15, 0.2) is 48.5 Å². The van der Waals surface area contributed by atoms with Gasteiger partial charge in [-0.1, -0.05) is 62.0 Å². The Morgan fingerprint density at radius 3 is 2.18 bits per heavy atom. The molecule has 146 valence electrons. The van der Waals surface area contributed by atoms with E-state index in [9.17, 15) is 9.59 Å². The molecule has 0 aliphatic rings. The molecule has 1 amide bonds. The van der Waals surface area contributed by atoms with Crippen LogP contribution in [-0.4, -0.2) is 25.6 Å². The van der Waals surface area contributed by atoms with Crippen LogP contribution in [0, 0.1) is 11.5 Å². The lowest BCUT2D eigenvalue weighted by Crippen LogP contribution is -2.28.